The molecule has 1 aromatic carbocycles. The molecule has 0 unspecified atom stereocenters. The van der Waals surface area contributed by atoms with Crippen molar-refractivity contribution in [1.82, 2.24) is 0 Å². The molecule has 0 amide bonds. The van der Waals surface area contributed by atoms with E-state index in [1.165, 1.54) is 12.1 Å². The van der Waals surface area contributed by atoms with Gasteiger partial charge in [0.2, 0.25) is 0 Å². The molecule has 14 heavy (non-hydrogen) atoms. The lowest BCUT2D eigenvalue weighted by atomic mass is 9.80. The van der Waals surface area contributed by atoms with Crippen LogP contribution in [0, 0.1) is 5.82 Å². The predicted octanol–water partition coefficient (Wildman–Crippen LogP) is 0.0507. The SMILES string of the molecule is C[Si](C)(C)c1c(F)cccc1B(O)O. The van der Waals surface area contributed by atoms with Gasteiger partial charge >= 0.3 is 7.12 Å². The number of hydrogen-bond acceptors (Lipinski definition) is 2. The van der Waals surface area contributed by atoms with Crippen molar-refractivity contribution in [2.24, 2.45) is 0 Å². The van der Waals surface area contributed by atoms with Gasteiger partial charge in [-0.3, -0.25) is 0 Å². The molecule has 0 spiro atoms. The Morgan fingerprint density at radius 1 is 1.21 bits per heavy atom. The first-order valence-corrected chi connectivity index (χ1v) is 7.99. The molecule has 0 aliphatic heterocycles. The van der Waals surface area contributed by atoms with Gasteiger partial charge in [-0.25, -0.2) is 4.39 Å². The fourth-order valence-electron chi connectivity index (χ4n) is 1.55. The quantitative estimate of drug-likeness (QED) is 0.680. The summed E-state index contributed by atoms with van der Waals surface area (Å²) >= 11 is 0. The lowest BCUT2D eigenvalue weighted by Crippen LogP contribution is -2.54. The Morgan fingerprint density at radius 2 is 1.79 bits per heavy atom. The van der Waals surface area contributed by atoms with Gasteiger partial charge in [0.15, 0.2) is 0 Å². The van der Waals surface area contributed by atoms with Gasteiger partial charge in [-0.1, -0.05) is 31.8 Å². The molecular formula is C9H14BFO2Si. The summed E-state index contributed by atoms with van der Waals surface area (Å²) in [4.78, 5) is 0. The molecule has 76 valence electrons. The second-order valence-corrected chi connectivity index (χ2v) is 9.33. The van der Waals surface area contributed by atoms with Crippen LogP contribution in [0.15, 0.2) is 18.2 Å². The van der Waals surface area contributed by atoms with Crippen LogP contribution < -0.4 is 10.6 Å². The third-order valence-electron chi connectivity index (χ3n) is 2.07. The topological polar surface area (TPSA) is 40.5 Å². The van der Waals surface area contributed by atoms with Crippen LogP contribution in [0.5, 0.6) is 0 Å². The minimum Gasteiger partial charge on any atom is -0.423 e. The highest BCUT2D eigenvalue weighted by Gasteiger charge is 2.28. The lowest BCUT2D eigenvalue weighted by Gasteiger charge is -2.21. The van der Waals surface area contributed by atoms with Crippen LogP contribution in [0.3, 0.4) is 0 Å². The highest BCUT2D eigenvalue weighted by molar-refractivity contribution is 6.92. The number of hydrogen-bond donors (Lipinski definition) is 2. The van der Waals surface area contributed by atoms with E-state index in [2.05, 4.69) is 0 Å². The van der Waals surface area contributed by atoms with Crippen LogP contribution in [0.25, 0.3) is 0 Å². The van der Waals surface area contributed by atoms with Crippen molar-refractivity contribution in [3.8, 4) is 0 Å². The summed E-state index contributed by atoms with van der Waals surface area (Å²) in [6.45, 7) is 5.91. The van der Waals surface area contributed by atoms with Crippen LogP contribution in [-0.2, 0) is 0 Å². The standard InChI is InChI=1S/C9H14BFO2Si/c1-14(2,3)9-7(10(12)13)5-4-6-8(9)11/h4-6,12-13H,1-3H3. The van der Waals surface area contributed by atoms with Crippen molar-refractivity contribution < 1.29 is 14.4 Å². The maximum atomic E-state index is 13.5. The van der Waals surface area contributed by atoms with Gasteiger partial charge in [0, 0.05) is 0 Å². The molecule has 5 heteroatoms. The normalized spacial score (nSPS) is 11.6. The number of rotatable bonds is 2. The molecule has 0 radical (unpaired) electrons. The van der Waals surface area contributed by atoms with Crippen LogP contribution >= 0.6 is 0 Å². The zero-order chi connectivity index (χ0) is 10.9. The van der Waals surface area contributed by atoms with Crippen LogP contribution in [0.4, 0.5) is 4.39 Å². The molecule has 0 aromatic heterocycles. The summed E-state index contributed by atoms with van der Waals surface area (Å²) in [6.07, 6.45) is 0. The second-order valence-electron chi connectivity index (χ2n) is 4.33. The van der Waals surface area contributed by atoms with Crippen molar-refractivity contribution >= 4 is 25.8 Å². The van der Waals surface area contributed by atoms with E-state index in [1.807, 2.05) is 19.6 Å². The molecule has 0 saturated carbocycles. The largest absolute Gasteiger partial charge is 0.488 e. The van der Waals surface area contributed by atoms with E-state index in [-0.39, 0.29) is 5.82 Å². The predicted molar refractivity (Wildman–Crippen MR) is 59.2 cm³/mol. The highest BCUT2D eigenvalue weighted by Crippen LogP contribution is 2.04. The van der Waals surface area contributed by atoms with Gasteiger partial charge in [0.05, 0.1) is 8.07 Å². The average Bonchev–Trinajstić information content (AvgIpc) is 2.01. The lowest BCUT2D eigenvalue weighted by molar-refractivity contribution is 0.426. The minimum absolute atomic E-state index is 0.296. The van der Waals surface area contributed by atoms with Gasteiger partial charge in [-0.15, -0.1) is 0 Å². The van der Waals surface area contributed by atoms with Crippen molar-refractivity contribution in [2.75, 3.05) is 0 Å². The molecule has 2 N–H and O–H groups in total. The molecule has 0 saturated heterocycles. The van der Waals surface area contributed by atoms with Gasteiger partial charge in [-0.2, -0.15) is 0 Å². The Labute approximate surface area is 84.6 Å². The van der Waals surface area contributed by atoms with Crippen molar-refractivity contribution in [2.45, 2.75) is 19.6 Å². The summed E-state index contributed by atoms with van der Waals surface area (Å²) in [5.74, 6) is -0.338. The van der Waals surface area contributed by atoms with Gasteiger partial charge in [-0.05, 0) is 16.7 Å². The molecule has 1 aromatic rings. The Kier molecular flexibility index (Phi) is 3.14. The van der Waals surface area contributed by atoms with E-state index in [1.54, 1.807) is 6.07 Å². The summed E-state index contributed by atoms with van der Waals surface area (Å²) in [5, 5.41) is 18.7. The second kappa shape index (κ2) is 3.84. The molecule has 0 atom stereocenters. The number of halogens is 1. The highest BCUT2D eigenvalue weighted by atomic mass is 28.3. The van der Waals surface area contributed by atoms with Crippen LogP contribution in [0.1, 0.15) is 0 Å². The molecule has 0 aliphatic carbocycles. The summed E-state index contributed by atoms with van der Waals surface area (Å²) in [6, 6.07) is 4.41. The maximum Gasteiger partial charge on any atom is 0.488 e. The van der Waals surface area contributed by atoms with E-state index >= 15 is 0 Å². The monoisotopic (exact) mass is 212 g/mol. The smallest absolute Gasteiger partial charge is 0.423 e. The zero-order valence-corrected chi connectivity index (χ0v) is 9.58. The molecule has 1 rings (SSSR count). The van der Waals surface area contributed by atoms with E-state index < -0.39 is 15.2 Å². The number of benzene rings is 1. The van der Waals surface area contributed by atoms with Gasteiger partial charge in [0.25, 0.3) is 0 Å². The van der Waals surface area contributed by atoms with Crippen molar-refractivity contribution in [3.63, 3.8) is 0 Å². The maximum absolute atomic E-state index is 13.5. The van der Waals surface area contributed by atoms with Crippen molar-refractivity contribution in [3.05, 3.63) is 24.0 Å². The zero-order valence-electron chi connectivity index (χ0n) is 8.58. The average molecular weight is 212 g/mol. The van der Waals surface area contributed by atoms with Crippen LogP contribution in [-0.4, -0.2) is 25.2 Å². The van der Waals surface area contributed by atoms with E-state index in [4.69, 9.17) is 10.0 Å². The third-order valence-corrected chi connectivity index (χ3v) is 4.10. The Bertz CT molecular complexity index is 336. The first kappa shape index (κ1) is 11.4. The van der Waals surface area contributed by atoms with E-state index in [0.717, 1.165) is 0 Å². The molecule has 0 aliphatic rings. The van der Waals surface area contributed by atoms with E-state index in [9.17, 15) is 4.39 Å². The van der Waals surface area contributed by atoms with E-state index in [0.29, 0.717) is 10.6 Å². The summed E-state index contributed by atoms with van der Waals surface area (Å²) in [7, 11) is -3.47. The fourth-order valence-corrected chi connectivity index (χ4v) is 3.43. The molecule has 2 nitrogen and oxygen atoms in total. The Balaban J connectivity index is 3.38. The molecule has 0 fully saturated rings. The van der Waals surface area contributed by atoms with Crippen LogP contribution in [0.2, 0.25) is 19.6 Å². The summed E-state index contributed by atoms with van der Waals surface area (Å²) < 4.78 is 13.5. The Hall–Kier alpha value is -0.648. The molecule has 0 heterocycles. The minimum atomic E-state index is -1.88. The third kappa shape index (κ3) is 2.23. The first-order valence-electron chi connectivity index (χ1n) is 4.49. The molecular weight excluding hydrogens is 198 g/mol. The Morgan fingerprint density at radius 3 is 2.14 bits per heavy atom. The van der Waals surface area contributed by atoms with Gasteiger partial charge in [0.1, 0.15) is 5.82 Å². The molecule has 0 bridgehead atoms. The van der Waals surface area contributed by atoms with Gasteiger partial charge < -0.3 is 10.0 Å². The van der Waals surface area contributed by atoms with Crippen molar-refractivity contribution in [1.29, 1.82) is 0 Å². The summed E-state index contributed by atoms with van der Waals surface area (Å²) in [5.41, 5.74) is 0.296. The first-order chi connectivity index (χ1) is 6.34. The fraction of sp³-hybridized carbons (Fsp3) is 0.333.